The Hall–Kier alpha value is -1.88. The molecule has 23 heavy (non-hydrogen) atoms. The first-order valence-corrected chi connectivity index (χ1v) is 8.29. The van der Waals surface area contributed by atoms with Crippen molar-refractivity contribution in [2.45, 2.75) is 38.0 Å². The van der Waals surface area contributed by atoms with E-state index >= 15 is 0 Å². The molecule has 3 N–H and O–H groups in total. The Morgan fingerprint density at radius 1 is 1.17 bits per heavy atom. The van der Waals surface area contributed by atoms with Gasteiger partial charge in [0.15, 0.2) is 0 Å². The lowest BCUT2D eigenvalue weighted by Gasteiger charge is -2.28. The zero-order valence-electron chi connectivity index (χ0n) is 13.7. The van der Waals surface area contributed by atoms with Gasteiger partial charge in [0.2, 0.25) is 0 Å². The quantitative estimate of drug-likeness (QED) is 0.788. The fourth-order valence-corrected chi connectivity index (χ4v) is 3.21. The van der Waals surface area contributed by atoms with Crippen LogP contribution in [-0.2, 0) is 9.53 Å². The minimum atomic E-state index is -0.110. The lowest BCUT2D eigenvalue weighted by molar-refractivity contribution is -0.142. The van der Waals surface area contributed by atoms with Gasteiger partial charge in [0.05, 0.1) is 7.11 Å². The van der Waals surface area contributed by atoms with Crippen LogP contribution in [0.2, 0.25) is 0 Å². The molecule has 1 saturated carbocycles. The Morgan fingerprint density at radius 2 is 1.83 bits per heavy atom. The van der Waals surface area contributed by atoms with Gasteiger partial charge < -0.3 is 15.8 Å². The minimum absolute atomic E-state index is 0.0798. The maximum Gasteiger partial charge on any atom is 0.305 e. The Labute approximate surface area is 137 Å². The van der Waals surface area contributed by atoms with E-state index in [1.54, 1.807) is 0 Å². The average molecular weight is 318 g/mol. The largest absolute Gasteiger partial charge is 0.469 e. The molecule has 1 aliphatic carbocycles. The number of esters is 1. The second-order valence-electron chi connectivity index (χ2n) is 6.16. The number of hydrogen-bond donors (Lipinski definition) is 2. The molecule has 1 aromatic carbocycles. The summed E-state index contributed by atoms with van der Waals surface area (Å²) in [6.07, 6.45) is 4.81. The highest BCUT2D eigenvalue weighted by molar-refractivity contribution is 5.94. The highest BCUT2D eigenvalue weighted by atomic mass is 16.5. The van der Waals surface area contributed by atoms with Crippen LogP contribution in [0.3, 0.4) is 0 Å². The van der Waals surface area contributed by atoms with Crippen molar-refractivity contribution in [3.05, 3.63) is 35.4 Å². The van der Waals surface area contributed by atoms with Crippen molar-refractivity contribution in [3.63, 3.8) is 0 Å². The smallest absolute Gasteiger partial charge is 0.305 e. The second-order valence-corrected chi connectivity index (χ2v) is 6.16. The molecule has 0 aliphatic heterocycles. The molecular formula is C18H26N2O3. The molecule has 0 atom stereocenters. The van der Waals surface area contributed by atoms with Crippen molar-refractivity contribution in [1.82, 2.24) is 5.32 Å². The first kappa shape index (κ1) is 17.5. The summed E-state index contributed by atoms with van der Waals surface area (Å²) in [6, 6.07) is 7.84. The van der Waals surface area contributed by atoms with E-state index in [1.807, 2.05) is 24.3 Å². The van der Waals surface area contributed by atoms with Crippen molar-refractivity contribution in [2.24, 2.45) is 11.7 Å². The minimum Gasteiger partial charge on any atom is -0.469 e. The normalized spacial score (nSPS) is 20.8. The van der Waals surface area contributed by atoms with Crippen LogP contribution in [-0.4, -0.2) is 32.1 Å². The predicted molar refractivity (Wildman–Crippen MR) is 89.2 cm³/mol. The molecule has 0 saturated heterocycles. The number of rotatable bonds is 6. The van der Waals surface area contributed by atoms with Gasteiger partial charge in [0.1, 0.15) is 0 Å². The summed E-state index contributed by atoms with van der Waals surface area (Å²) >= 11 is 0. The van der Waals surface area contributed by atoms with Gasteiger partial charge in [-0.3, -0.25) is 9.59 Å². The molecule has 0 heterocycles. The van der Waals surface area contributed by atoms with Gasteiger partial charge in [-0.05, 0) is 55.2 Å². The maximum absolute atomic E-state index is 11.9. The number of nitrogens with one attached hydrogen (secondary N) is 1. The van der Waals surface area contributed by atoms with Crippen molar-refractivity contribution in [2.75, 3.05) is 20.2 Å². The molecule has 0 aromatic heterocycles. The number of carbonyl (C=O) groups is 2. The van der Waals surface area contributed by atoms with Crippen LogP contribution in [0.4, 0.5) is 0 Å². The Kier molecular flexibility index (Phi) is 6.59. The number of methoxy groups -OCH3 is 1. The fourth-order valence-electron chi connectivity index (χ4n) is 3.21. The highest BCUT2D eigenvalue weighted by Gasteiger charge is 2.24. The van der Waals surface area contributed by atoms with Gasteiger partial charge in [-0.2, -0.15) is 0 Å². The van der Waals surface area contributed by atoms with Crippen LogP contribution in [0.25, 0.3) is 0 Å². The first-order chi connectivity index (χ1) is 11.1. The number of ether oxygens (including phenoxy) is 1. The van der Waals surface area contributed by atoms with Gasteiger partial charge >= 0.3 is 5.97 Å². The summed E-state index contributed by atoms with van der Waals surface area (Å²) in [5.74, 6) is 0.773. The summed E-state index contributed by atoms with van der Waals surface area (Å²) in [6.45, 7) is 0.934. The summed E-state index contributed by atoms with van der Waals surface area (Å²) in [5.41, 5.74) is 7.33. The van der Waals surface area contributed by atoms with Crippen molar-refractivity contribution >= 4 is 11.9 Å². The number of hydrogen-bond acceptors (Lipinski definition) is 4. The van der Waals surface area contributed by atoms with E-state index in [2.05, 4.69) is 5.32 Å². The molecular weight excluding hydrogens is 292 g/mol. The molecule has 1 fully saturated rings. The number of nitrogens with two attached hydrogens (primary N) is 1. The van der Waals surface area contributed by atoms with Crippen LogP contribution in [0, 0.1) is 5.92 Å². The van der Waals surface area contributed by atoms with E-state index < -0.39 is 0 Å². The van der Waals surface area contributed by atoms with Crippen molar-refractivity contribution in [1.29, 1.82) is 0 Å². The molecule has 5 heteroatoms. The number of benzene rings is 1. The zero-order chi connectivity index (χ0) is 16.7. The Bertz CT molecular complexity index is 520. The Balaban J connectivity index is 1.86. The lowest BCUT2D eigenvalue weighted by Crippen LogP contribution is -2.28. The fraction of sp³-hybridized carbons (Fsp3) is 0.556. The summed E-state index contributed by atoms with van der Waals surface area (Å²) in [5, 5.41) is 2.77. The second kappa shape index (κ2) is 8.67. The molecule has 0 bridgehead atoms. The van der Waals surface area contributed by atoms with E-state index in [9.17, 15) is 9.59 Å². The standard InChI is InChI=1S/C18H26N2O3/c1-23-17(21)12-13-2-4-14(5-3-13)15-6-8-16(9-7-15)18(22)20-11-10-19/h6-9,13-14H,2-5,10-12,19H2,1H3,(H,20,22). The van der Waals surface area contributed by atoms with Crippen molar-refractivity contribution < 1.29 is 14.3 Å². The third kappa shape index (κ3) is 5.06. The number of amides is 1. The molecule has 1 aliphatic rings. The van der Waals surface area contributed by atoms with Crippen LogP contribution in [0.1, 0.15) is 53.9 Å². The van der Waals surface area contributed by atoms with Crippen LogP contribution in [0.5, 0.6) is 0 Å². The molecule has 5 nitrogen and oxygen atoms in total. The van der Waals surface area contributed by atoms with E-state index in [0.29, 0.717) is 36.9 Å². The van der Waals surface area contributed by atoms with E-state index in [0.717, 1.165) is 25.7 Å². The molecule has 126 valence electrons. The molecule has 2 rings (SSSR count). The zero-order valence-corrected chi connectivity index (χ0v) is 13.7. The van der Waals surface area contributed by atoms with E-state index in [4.69, 9.17) is 10.5 Å². The lowest BCUT2D eigenvalue weighted by atomic mass is 9.77. The summed E-state index contributed by atoms with van der Waals surface area (Å²) < 4.78 is 4.74. The van der Waals surface area contributed by atoms with E-state index in [1.165, 1.54) is 12.7 Å². The third-order valence-electron chi connectivity index (χ3n) is 4.60. The Morgan fingerprint density at radius 3 is 2.39 bits per heavy atom. The highest BCUT2D eigenvalue weighted by Crippen LogP contribution is 2.37. The molecule has 1 amide bonds. The number of carbonyl (C=O) groups excluding carboxylic acids is 2. The summed E-state index contributed by atoms with van der Waals surface area (Å²) in [7, 11) is 1.44. The molecule has 0 unspecified atom stereocenters. The van der Waals surface area contributed by atoms with Gasteiger partial charge in [-0.15, -0.1) is 0 Å². The van der Waals surface area contributed by atoms with Gasteiger partial charge in [0, 0.05) is 25.1 Å². The van der Waals surface area contributed by atoms with E-state index in [-0.39, 0.29) is 11.9 Å². The van der Waals surface area contributed by atoms with Gasteiger partial charge in [0.25, 0.3) is 5.91 Å². The topological polar surface area (TPSA) is 81.4 Å². The van der Waals surface area contributed by atoms with Crippen LogP contribution < -0.4 is 11.1 Å². The average Bonchev–Trinajstić information content (AvgIpc) is 2.60. The predicted octanol–water partition coefficient (Wildman–Crippen LogP) is 2.21. The molecule has 0 spiro atoms. The third-order valence-corrected chi connectivity index (χ3v) is 4.60. The SMILES string of the molecule is COC(=O)CC1CCC(c2ccc(C(=O)NCCN)cc2)CC1. The van der Waals surface area contributed by atoms with Crippen molar-refractivity contribution in [3.8, 4) is 0 Å². The monoisotopic (exact) mass is 318 g/mol. The maximum atomic E-state index is 11.9. The summed E-state index contributed by atoms with van der Waals surface area (Å²) in [4.78, 5) is 23.2. The molecule has 1 aromatic rings. The van der Waals surface area contributed by atoms with Gasteiger partial charge in [-0.1, -0.05) is 12.1 Å². The van der Waals surface area contributed by atoms with Crippen LogP contribution in [0.15, 0.2) is 24.3 Å². The van der Waals surface area contributed by atoms with Crippen LogP contribution >= 0.6 is 0 Å². The first-order valence-electron chi connectivity index (χ1n) is 8.29. The van der Waals surface area contributed by atoms with Gasteiger partial charge in [-0.25, -0.2) is 0 Å². The molecule has 0 radical (unpaired) electrons.